The first-order valence-corrected chi connectivity index (χ1v) is 7.88. The van der Waals surface area contributed by atoms with Crippen molar-refractivity contribution in [2.45, 2.75) is 32.1 Å². The van der Waals surface area contributed by atoms with Crippen LogP contribution in [-0.2, 0) is 19.3 Å². The van der Waals surface area contributed by atoms with Crippen LogP contribution in [-0.4, -0.2) is 11.4 Å². The molecule has 23 heavy (non-hydrogen) atoms. The lowest BCUT2D eigenvalue weighted by atomic mass is 9.91. The summed E-state index contributed by atoms with van der Waals surface area (Å²) in [4.78, 5) is 2.15. The van der Waals surface area contributed by atoms with Gasteiger partial charge >= 0.3 is 6.18 Å². The Labute approximate surface area is 138 Å². The van der Waals surface area contributed by atoms with E-state index in [-0.39, 0.29) is 0 Å². The van der Waals surface area contributed by atoms with Gasteiger partial charge in [-0.25, -0.2) is 0 Å². The molecule has 0 saturated carbocycles. The highest BCUT2D eigenvalue weighted by Crippen LogP contribution is 2.34. The number of alkyl halides is 3. The number of fused-ring (bicyclic) bond motifs is 1. The second-order valence-electron chi connectivity index (χ2n) is 6.08. The number of hydrogen-bond acceptors (Lipinski definition) is 1. The average Bonchev–Trinajstić information content (AvgIpc) is 2.48. The van der Waals surface area contributed by atoms with Crippen molar-refractivity contribution in [1.29, 1.82) is 0 Å². The molecule has 122 valence electrons. The van der Waals surface area contributed by atoms with Gasteiger partial charge in [-0.3, -0.25) is 4.90 Å². The standard InChI is InChI=1S/C18H17ClF3N/c1-12-9-23(11-16-15(12)6-3-7-17(16)19)10-13-4-2-5-14(8-13)18(20,21)22/h2-8,12H,9-11H2,1H3. The van der Waals surface area contributed by atoms with E-state index < -0.39 is 11.7 Å². The zero-order valence-electron chi connectivity index (χ0n) is 12.7. The van der Waals surface area contributed by atoms with Crippen molar-refractivity contribution in [3.05, 3.63) is 69.7 Å². The van der Waals surface area contributed by atoms with Crippen molar-refractivity contribution >= 4 is 11.6 Å². The molecule has 0 aliphatic carbocycles. The molecule has 1 aliphatic rings. The fourth-order valence-electron chi connectivity index (χ4n) is 3.20. The molecule has 0 bridgehead atoms. The summed E-state index contributed by atoms with van der Waals surface area (Å²) < 4.78 is 38.5. The zero-order valence-corrected chi connectivity index (χ0v) is 13.5. The molecular formula is C18H17ClF3N. The van der Waals surface area contributed by atoms with Crippen LogP contribution in [0.25, 0.3) is 0 Å². The van der Waals surface area contributed by atoms with Crippen molar-refractivity contribution in [3.8, 4) is 0 Å². The van der Waals surface area contributed by atoms with Crippen LogP contribution in [0, 0.1) is 0 Å². The lowest BCUT2D eigenvalue weighted by Crippen LogP contribution is -2.32. The first-order valence-electron chi connectivity index (χ1n) is 7.50. The van der Waals surface area contributed by atoms with Gasteiger partial charge in [0.15, 0.2) is 0 Å². The zero-order chi connectivity index (χ0) is 16.6. The third-order valence-corrected chi connectivity index (χ3v) is 4.61. The molecule has 0 amide bonds. The summed E-state index contributed by atoms with van der Waals surface area (Å²) in [7, 11) is 0. The number of halogens is 4. The lowest BCUT2D eigenvalue weighted by Gasteiger charge is -2.33. The minimum atomic E-state index is -4.30. The van der Waals surface area contributed by atoms with E-state index in [1.807, 2.05) is 12.1 Å². The molecule has 1 heterocycles. The van der Waals surface area contributed by atoms with E-state index in [1.54, 1.807) is 6.07 Å². The van der Waals surface area contributed by atoms with Gasteiger partial charge < -0.3 is 0 Å². The summed E-state index contributed by atoms with van der Waals surface area (Å²) >= 11 is 6.29. The Morgan fingerprint density at radius 1 is 1.17 bits per heavy atom. The Hall–Kier alpha value is -1.52. The first-order chi connectivity index (χ1) is 10.8. The maximum Gasteiger partial charge on any atom is 0.416 e. The van der Waals surface area contributed by atoms with Crippen molar-refractivity contribution in [3.63, 3.8) is 0 Å². The highest BCUT2D eigenvalue weighted by atomic mass is 35.5. The van der Waals surface area contributed by atoms with Crippen LogP contribution in [0.1, 0.15) is 35.1 Å². The van der Waals surface area contributed by atoms with E-state index in [0.717, 1.165) is 23.2 Å². The van der Waals surface area contributed by atoms with Gasteiger partial charge in [0.05, 0.1) is 5.56 Å². The van der Waals surface area contributed by atoms with Crippen molar-refractivity contribution < 1.29 is 13.2 Å². The van der Waals surface area contributed by atoms with Gasteiger partial charge in [0.25, 0.3) is 0 Å². The summed E-state index contributed by atoms with van der Waals surface area (Å²) in [5.41, 5.74) is 2.39. The molecule has 1 unspecified atom stereocenters. The Kier molecular flexibility index (Phi) is 4.39. The SMILES string of the molecule is CC1CN(Cc2cccc(C(F)(F)F)c2)Cc2c(Cl)cccc21. The highest BCUT2D eigenvalue weighted by Gasteiger charge is 2.30. The molecule has 3 rings (SSSR count). The van der Waals surface area contributed by atoms with Gasteiger partial charge in [0.2, 0.25) is 0 Å². The van der Waals surface area contributed by atoms with Gasteiger partial charge in [-0.05, 0) is 34.7 Å². The number of benzene rings is 2. The molecule has 0 spiro atoms. The fourth-order valence-corrected chi connectivity index (χ4v) is 3.44. The van der Waals surface area contributed by atoms with Gasteiger partial charge in [-0.15, -0.1) is 0 Å². The lowest BCUT2D eigenvalue weighted by molar-refractivity contribution is -0.137. The third kappa shape index (κ3) is 3.54. The molecule has 2 aromatic rings. The highest BCUT2D eigenvalue weighted by molar-refractivity contribution is 6.31. The molecular weight excluding hydrogens is 323 g/mol. The summed E-state index contributed by atoms with van der Waals surface area (Å²) in [6, 6.07) is 11.4. The second kappa shape index (κ2) is 6.17. The van der Waals surface area contributed by atoms with Crippen molar-refractivity contribution in [1.82, 2.24) is 4.90 Å². The van der Waals surface area contributed by atoms with Crippen LogP contribution in [0.4, 0.5) is 13.2 Å². The van der Waals surface area contributed by atoms with E-state index in [1.165, 1.54) is 17.7 Å². The molecule has 1 nitrogen and oxygen atoms in total. The molecule has 0 fully saturated rings. The quantitative estimate of drug-likeness (QED) is 0.700. The van der Waals surface area contributed by atoms with E-state index in [9.17, 15) is 13.2 Å². The summed E-state index contributed by atoms with van der Waals surface area (Å²) in [6.07, 6.45) is -4.30. The van der Waals surface area contributed by atoms with Gasteiger partial charge in [-0.1, -0.05) is 48.9 Å². The predicted molar refractivity (Wildman–Crippen MR) is 85.4 cm³/mol. The average molecular weight is 340 g/mol. The minimum Gasteiger partial charge on any atom is -0.294 e. The molecule has 0 saturated heterocycles. The van der Waals surface area contributed by atoms with Crippen LogP contribution >= 0.6 is 11.6 Å². The number of nitrogens with zero attached hydrogens (tertiary/aromatic N) is 1. The maximum atomic E-state index is 12.8. The van der Waals surface area contributed by atoms with E-state index in [2.05, 4.69) is 17.9 Å². The fraction of sp³-hybridized carbons (Fsp3) is 0.333. The molecule has 2 aromatic carbocycles. The summed E-state index contributed by atoms with van der Waals surface area (Å²) in [5, 5.41) is 0.725. The van der Waals surface area contributed by atoms with Crippen LogP contribution < -0.4 is 0 Å². The number of rotatable bonds is 2. The Bertz CT molecular complexity index is 712. The minimum absolute atomic E-state index is 0.309. The van der Waals surface area contributed by atoms with Crippen LogP contribution in [0.5, 0.6) is 0 Å². The predicted octanol–water partition coefficient (Wildman–Crippen LogP) is 5.48. The largest absolute Gasteiger partial charge is 0.416 e. The summed E-state index contributed by atoms with van der Waals surface area (Å²) in [6.45, 7) is 4.07. The molecule has 0 radical (unpaired) electrons. The normalized spacial score (nSPS) is 18.7. The summed E-state index contributed by atoms with van der Waals surface area (Å²) in [5.74, 6) is 0.309. The molecule has 1 atom stereocenters. The molecule has 1 aliphatic heterocycles. The smallest absolute Gasteiger partial charge is 0.294 e. The Morgan fingerprint density at radius 3 is 2.65 bits per heavy atom. The monoisotopic (exact) mass is 339 g/mol. The topological polar surface area (TPSA) is 3.24 Å². The second-order valence-corrected chi connectivity index (χ2v) is 6.48. The van der Waals surface area contributed by atoms with Gasteiger partial charge in [-0.2, -0.15) is 13.2 Å². The molecule has 0 aromatic heterocycles. The van der Waals surface area contributed by atoms with E-state index in [4.69, 9.17) is 11.6 Å². The van der Waals surface area contributed by atoms with Crippen LogP contribution in [0.3, 0.4) is 0 Å². The van der Waals surface area contributed by atoms with Crippen LogP contribution in [0.15, 0.2) is 42.5 Å². The number of hydrogen-bond donors (Lipinski definition) is 0. The van der Waals surface area contributed by atoms with E-state index in [0.29, 0.717) is 24.6 Å². The molecule has 0 N–H and O–H groups in total. The van der Waals surface area contributed by atoms with E-state index >= 15 is 0 Å². The molecule has 5 heteroatoms. The van der Waals surface area contributed by atoms with Gasteiger partial charge in [0.1, 0.15) is 0 Å². The third-order valence-electron chi connectivity index (χ3n) is 4.26. The Balaban J connectivity index is 1.81. The van der Waals surface area contributed by atoms with Crippen molar-refractivity contribution in [2.24, 2.45) is 0 Å². The first kappa shape index (κ1) is 16.3. The maximum absolute atomic E-state index is 12.8. The van der Waals surface area contributed by atoms with Crippen LogP contribution in [0.2, 0.25) is 5.02 Å². The van der Waals surface area contributed by atoms with Gasteiger partial charge in [0, 0.05) is 24.7 Å². The van der Waals surface area contributed by atoms with Crippen molar-refractivity contribution in [2.75, 3.05) is 6.54 Å². The Morgan fingerprint density at radius 2 is 1.91 bits per heavy atom.